The standard InChI is InChI=1S/C11H9BrN2O3/c12-8-3-7(11(15)16)4-10(5-8)13-6-9-1-2-17-14-9/h1-5,13H,6H2,(H,15,16). The highest BCUT2D eigenvalue weighted by Crippen LogP contribution is 2.20. The predicted octanol–water partition coefficient (Wildman–Crippen LogP) is 2.75. The molecule has 0 aliphatic carbocycles. The molecular formula is C11H9BrN2O3. The molecule has 1 aromatic carbocycles. The predicted molar refractivity (Wildman–Crippen MR) is 64.9 cm³/mol. The Balaban J connectivity index is 2.13. The van der Waals surface area contributed by atoms with Crippen LogP contribution in [0.15, 0.2) is 39.5 Å². The number of rotatable bonds is 4. The molecule has 17 heavy (non-hydrogen) atoms. The Kier molecular flexibility index (Phi) is 3.43. The Morgan fingerprint density at radius 3 is 2.94 bits per heavy atom. The summed E-state index contributed by atoms with van der Waals surface area (Å²) in [6.45, 7) is 0.478. The lowest BCUT2D eigenvalue weighted by atomic mass is 10.2. The van der Waals surface area contributed by atoms with E-state index in [-0.39, 0.29) is 5.56 Å². The van der Waals surface area contributed by atoms with Gasteiger partial charge in [0.05, 0.1) is 12.1 Å². The van der Waals surface area contributed by atoms with E-state index < -0.39 is 5.97 Å². The molecule has 88 valence electrons. The molecule has 2 rings (SSSR count). The average molecular weight is 297 g/mol. The molecule has 2 aromatic rings. The van der Waals surface area contributed by atoms with E-state index in [4.69, 9.17) is 9.63 Å². The first-order valence-electron chi connectivity index (χ1n) is 4.82. The fourth-order valence-corrected chi connectivity index (χ4v) is 1.83. The van der Waals surface area contributed by atoms with Gasteiger partial charge < -0.3 is 14.9 Å². The normalized spacial score (nSPS) is 10.2. The van der Waals surface area contributed by atoms with Crippen LogP contribution in [-0.2, 0) is 6.54 Å². The zero-order chi connectivity index (χ0) is 12.3. The van der Waals surface area contributed by atoms with Crippen LogP contribution in [0.25, 0.3) is 0 Å². The minimum atomic E-state index is -0.962. The zero-order valence-electron chi connectivity index (χ0n) is 8.68. The SMILES string of the molecule is O=C(O)c1cc(Br)cc(NCc2ccon2)c1. The Morgan fingerprint density at radius 2 is 2.29 bits per heavy atom. The van der Waals surface area contributed by atoms with E-state index >= 15 is 0 Å². The Labute approximate surface area is 106 Å². The van der Waals surface area contributed by atoms with E-state index in [1.165, 1.54) is 6.26 Å². The topological polar surface area (TPSA) is 75.4 Å². The zero-order valence-corrected chi connectivity index (χ0v) is 10.3. The highest BCUT2D eigenvalue weighted by atomic mass is 79.9. The van der Waals surface area contributed by atoms with Gasteiger partial charge in [-0.1, -0.05) is 21.1 Å². The number of anilines is 1. The van der Waals surface area contributed by atoms with Crippen molar-refractivity contribution in [2.45, 2.75) is 6.54 Å². The molecule has 6 heteroatoms. The number of benzene rings is 1. The lowest BCUT2D eigenvalue weighted by Gasteiger charge is -2.06. The third kappa shape index (κ3) is 3.07. The van der Waals surface area contributed by atoms with Crippen molar-refractivity contribution in [1.82, 2.24) is 5.16 Å². The minimum absolute atomic E-state index is 0.224. The molecular weight excluding hydrogens is 288 g/mol. The first-order chi connectivity index (χ1) is 8.15. The fraction of sp³-hybridized carbons (Fsp3) is 0.0909. The molecule has 0 atom stereocenters. The molecule has 0 unspecified atom stereocenters. The van der Waals surface area contributed by atoms with Crippen LogP contribution in [0.3, 0.4) is 0 Å². The first kappa shape index (κ1) is 11.7. The Hall–Kier alpha value is -1.82. The van der Waals surface area contributed by atoms with Gasteiger partial charge in [-0.05, 0) is 18.2 Å². The smallest absolute Gasteiger partial charge is 0.335 e. The van der Waals surface area contributed by atoms with Crippen LogP contribution >= 0.6 is 15.9 Å². The molecule has 0 radical (unpaired) electrons. The molecule has 0 saturated carbocycles. The summed E-state index contributed by atoms with van der Waals surface area (Å²) < 4.78 is 5.40. The van der Waals surface area contributed by atoms with Crippen LogP contribution in [0, 0.1) is 0 Å². The van der Waals surface area contributed by atoms with Gasteiger partial charge in [-0.2, -0.15) is 0 Å². The van der Waals surface area contributed by atoms with Gasteiger partial charge in [-0.3, -0.25) is 0 Å². The van der Waals surface area contributed by atoms with Crippen LogP contribution in [0.5, 0.6) is 0 Å². The van der Waals surface area contributed by atoms with E-state index in [1.807, 2.05) is 0 Å². The minimum Gasteiger partial charge on any atom is -0.478 e. The number of halogens is 1. The maximum atomic E-state index is 10.9. The first-order valence-corrected chi connectivity index (χ1v) is 5.61. The molecule has 1 heterocycles. The van der Waals surface area contributed by atoms with Crippen LogP contribution in [0.4, 0.5) is 5.69 Å². The molecule has 0 saturated heterocycles. The molecule has 0 amide bonds. The average Bonchev–Trinajstić information content (AvgIpc) is 2.78. The third-order valence-electron chi connectivity index (χ3n) is 2.11. The van der Waals surface area contributed by atoms with Gasteiger partial charge in [0.1, 0.15) is 12.0 Å². The summed E-state index contributed by atoms with van der Waals surface area (Å²) in [7, 11) is 0. The lowest BCUT2D eigenvalue weighted by molar-refractivity contribution is 0.0697. The van der Waals surface area contributed by atoms with Gasteiger partial charge in [0.15, 0.2) is 0 Å². The summed E-state index contributed by atoms with van der Waals surface area (Å²) in [4.78, 5) is 10.9. The van der Waals surface area contributed by atoms with Gasteiger partial charge in [0.25, 0.3) is 0 Å². The second-order valence-electron chi connectivity index (χ2n) is 3.38. The summed E-state index contributed by atoms with van der Waals surface area (Å²) in [5.41, 5.74) is 1.68. The maximum Gasteiger partial charge on any atom is 0.335 e. The van der Waals surface area contributed by atoms with E-state index in [9.17, 15) is 4.79 Å². The quantitative estimate of drug-likeness (QED) is 0.907. The van der Waals surface area contributed by atoms with Crippen LogP contribution < -0.4 is 5.32 Å². The van der Waals surface area contributed by atoms with Crippen LogP contribution in [-0.4, -0.2) is 16.2 Å². The summed E-state index contributed by atoms with van der Waals surface area (Å²) in [5, 5.41) is 15.7. The monoisotopic (exact) mass is 296 g/mol. The highest BCUT2D eigenvalue weighted by Gasteiger charge is 2.06. The van der Waals surface area contributed by atoms with Gasteiger partial charge >= 0.3 is 5.97 Å². The van der Waals surface area contributed by atoms with Gasteiger partial charge in [-0.15, -0.1) is 0 Å². The number of nitrogens with one attached hydrogen (secondary N) is 1. The number of carboxylic acids is 1. The summed E-state index contributed by atoms with van der Waals surface area (Å²) in [5.74, 6) is -0.962. The molecule has 0 aliphatic heterocycles. The van der Waals surface area contributed by atoms with Gasteiger partial charge in [0, 0.05) is 16.2 Å². The number of hydrogen-bond acceptors (Lipinski definition) is 4. The molecule has 2 N–H and O–H groups in total. The van der Waals surface area contributed by atoms with E-state index in [1.54, 1.807) is 24.3 Å². The maximum absolute atomic E-state index is 10.9. The summed E-state index contributed by atoms with van der Waals surface area (Å²) >= 11 is 3.26. The van der Waals surface area contributed by atoms with Crippen molar-refractivity contribution < 1.29 is 14.4 Å². The van der Waals surface area contributed by atoms with Crippen LogP contribution in [0.2, 0.25) is 0 Å². The Morgan fingerprint density at radius 1 is 1.47 bits per heavy atom. The van der Waals surface area contributed by atoms with Gasteiger partial charge in [-0.25, -0.2) is 4.79 Å². The third-order valence-corrected chi connectivity index (χ3v) is 2.57. The molecule has 0 bridgehead atoms. The summed E-state index contributed by atoms with van der Waals surface area (Å²) in [6, 6.07) is 6.65. The highest BCUT2D eigenvalue weighted by molar-refractivity contribution is 9.10. The number of aromatic nitrogens is 1. The number of hydrogen-bond donors (Lipinski definition) is 2. The number of carboxylic acid groups (broad SMARTS) is 1. The molecule has 0 spiro atoms. The van der Waals surface area contributed by atoms with E-state index in [2.05, 4.69) is 26.4 Å². The summed E-state index contributed by atoms with van der Waals surface area (Å²) in [6.07, 6.45) is 1.49. The fourth-order valence-electron chi connectivity index (χ4n) is 1.34. The van der Waals surface area contributed by atoms with Crippen molar-refractivity contribution in [3.63, 3.8) is 0 Å². The van der Waals surface area contributed by atoms with Crippen molar-refractivity contribution >= 4 is 27.6 Å². The van der Waals surface area contributed by atoms with Crippen molar-refractivity contribution in [3.05, 3.63) is 46.3 Å². The Bertz CT molecular complexity index is 526. The van der Waals surface area contributed by atoms with Gasteiger partial charge in [0.2, 0.25) is 0 Å². The van der Waals surface area contributed by atoms with Crippen molar-refractivity contribution in [3.8, 4) is 0 Å². The lowest BCUT2D eigenvalue weighted by Crippen LogP contribution is -2.02. The van der Waals surface area contributed by atoms with E-state index in [0.717, 1.165) is 5.69 Å². The largest absolute Gasteiger partial charge is 0.478 e. The molecule has 5 nitrogen and oxygen atoms in total. The van der Waals surface area contributed by atoms with Crippen LogP contribution in [0.1, 0.15) is 16.1 Å². The van der Waals surface area contributed by atoms with Crippen molar-refractivity contribution in [2.24, 2.45) is 0 Å². The van der Waals surface area contributed by atoms with Crippen molar-refractivity contribution in [1.29, 1.82) is 0 Å². The molecule has 1 aromatic heterocycles. The number of aromatic carboxylic acids is 1. The number of nitrogens with zero attached hydrogens (tertiary/aromatic N) is 1. The second kappa shape index (κ2) is 5.01. The molecule has 0 fully saturated rings. The van der Waals surface area contributed by atoms with Crippen molar-refractivity contribution in [2.75, 3.05) is 5.32 Å². The molecule has 0 aliphatic rings. The number of carbonyl (C=O) groups is 1. The second-order valence-corrected chi connectivity index (χ2v) is 4.29. The van der Waals surface area contributed by atoms with E-state index in [0.29, 0.717) is 16.7 Å².